The summed E-state index contributed by atoms with van der Waals surface area (Å²) in [6, 6.07) is 7.33. The predicted octanol–water partition coefficient (Wildman–Crippen LogP) is 2.08. The number of benzene rings is 1. The maximum absolute atomic E-state index is 10.3. The van der Waals surface area contributed by atoms with Crippen molar-refractivity contribution in [2.45, 2.75) is 12.8 Å². The van der Waals surface area contributed by atoms with Crippen molar-refractivity contribution in [3.05, 3.63) is 39.9 Å². The second kappa shape index (κ2) is 4.60. The lowest BCUT2D eigenvalue weighted by molar-refractivity contribution is -0.482. The normalized spacial score (nSPS) is 12.1. The number of ether oxygens (including phenoxy) is 1. The van der Waals surface area contributed by atoms with Crippen molar-refractivity contribution in [3.63, 3.8) is 0 Å². The molecule has 1 aromatic carbocycles. The Kier molecular flexibility index (Phi) is 3.45. The third kappa shape index (κ3) is 2.73. The molecule has 0 aliphatic heterocycles. The van der Waals surface area contributed by atoms with E-state index in [-0.39, 0.29) is 17.4 Å². The van der Waals surface area contributed by atoms with E-state index in [9.17, 15) is 10.1 Å². The summed E-state index contributed by atoms with van der Waals surface area (Å²) in [6.45, 7) is 1.80. The molecule has 0 bridgehead atoms. The van der Waals surface area contributed by atoms with Crippen LogP contribution in [0.25, 0.3) is 0 Å². The van der Waals surface area contributed by atoms with Gasteiger partial charge in [-0.05, 0) is 17.7 Å². The Labute approximate surface area is 82.7 Å². The predicted molar refractivity (Wildman–Crippen MR) is 53.3 cm³/mol. The zero-order valence-corrected chi connectivity index (χ0v) is 8.27. The van der Waals surface area contributed by atoms with Gasteiger partial charge >= 0.3 is 0 Å². The van der Waals surface area contributed by atoms with Crippen molar-refractivity contribution in [1.29, 1.82) is 0 Å². The maximum Gasteiger partial charge on any atom is 0.210 e. The van der Waals surface area contributed by atoms with Crippen LogP contribution < -0.4 is 4.74 Å². The molecule has 14 heavy (non-hydrogen) atoms. The average molecular weight is 195 g/mol. The highest BCUT2D eigenvalue weighted by molar-refractivity contribution is 5.29. The monoisotopic (exact) mass is 195 g/mol. The van der Waals surface area contributed by atoms with Crippen LogP contribution in [0.4, 0.5) is 0 Å². The number of nitro groups is 1. The highest BCUT2D eigenvalue weighted by Crippen LogP contribution is 2.18. The van der Waals surface area contributed by atoms with E-state index in [1.807, 2.05) is 31.2 Å². The highest BCUT2D eigenvalue weighted by atomic mass is 16.6. The van der Waals surface area contributed by atoms with Crippen LogP contribution >= 0.6 is 0 Å². The van der Waals surface area contributed by atoms with Crippen LogP contribution in [0.3, 0.4) is 0 Å². The maximum atomic E-state index is 10.3. The fraction of sp³-hybridized carbons (Fsp3) is 0.400. The molecule has 0 saturated heterocycles. The summed E-state index contributed by atoms with van der Waals surface area (Å²) < 4.78 is 5.00. The van der Waals surface area contributed by atoms with Crippen molar-refractivity contribution in [3.8, 4) is 5.75 Å². The van der Waals surface area contributed by atoms with E-state index in [4.69, 9.17) is 4.74 Å². The number of hydrogen-bond donors (Lipinski definition) is 0. The molecule has 1 aromatic rings. The Morgan fingerprint density at radius 3 is 2.43 bits per heavy atom. The fourth-order valence-corrected chi connectivity index (χ4v) is 1.26. The van der Waals surface area contributed by atoms with Gasteiger partial charge in [0.15, 0.2) is 0 Å². The molecule has 1 rings (SSSR count). The molecule has 0 aliphatic carbocycles. The van der Waals surface area contributed by atoms with Crippen LogP contribution in [0.2, 0.25) is 0 Å². The first-order chi connectivity index (χ1) is 6.63. The number of rotatable bonds is 4. The topological polar surface area (TPSA) is 52.4 Å². The van der Waals surface area contributed by atoms with Crippen LogP contribution in [0.5, 0.6) is 5.75 Å². The van der Waals surface area contributed by atoms with E-state index in [1.165, 1.54) is 0 Å². The Hall–Kier alpha value is -1.58. The minimum absolute atomic E-state index is 0.0354. The van der Waals surface area contributed by atoms with Crippen molar-refractivity contribution in [2.75, 3.05) is 13.7 Å². The molecule has 76 valence electrons. The molecule has 4 nitrogen and oxygen atoms in total. The Bertz CT molecular complexity index is 308. The molecule has 0 fully saturated rings. The first-order valence-corrected chi connectivity index (χ1v) is 4.39. The van der Waals surface area contributed by atoms with Crippen LogP contribution in [-0.2, 0) is 0 Å². The van der Waals surface area contributed by atoms with Gasteiger partial charge in [0.2, 0.25) is 6.54 Å². The lowest BCUT2D eigenvalue weighted by Crippen LogP contribution is -2.09. The summed E-state index contributed by atoms with van der Waals surface area (Å²) in [5, 5.41) is 10.3. The summed E-state index contributed by atoms with van der Waals surface area (Å²) in [4.78, 5) is 9.99. The summed E-state index contributed by atoms with van der Waals surface area (Å²) in [5.41, 5.74) is 0.961. The van der Waals surface area contributed by atoms with Crippen LogP contribution in [0.15, 0.2) is 24.3 Å². The lowest BCUT2D eigenvalue weighted by atomic mass is 10.0. The average Bonchev–Trinajstić information content (AvgIpc) is 2.17. The van der Waals surface area contributed by atoms with Crippen molar-refractivity contribution in [2.24, 2.45) is 0 Å². The van der Waals surface area contributed by atoms with Crippen LogP contribution in [0, 0.1) is 10.1 Å². The quantitative estimate of drug-likeness (QED) is 0.546. The van der Waals surface area contributed by atoms with Gasteiger partial charge in [-0.3, -0.25) is 10.1 Å². The minimum atomic E-state index is -0.297. The molecule has 0 amide bonds. The van der Waals surface area contributed by atoms with Gasteiger partial charge in [-0.2, -0.15) is 0 Å². The first-order valence-electron chi connectivity index (χ1n) is 4.39. The number of methoxy groups -OCH3 is 1. The highest BCUT2D eigenvalue weighted by Gasteiger charge is 2.11. The van der Waals surface area contributed by atoms with Gasteiger partial charge in [0, 0.05) is 10.8 Å². The van der Waals surface area contributed by atoms with Crippen LogP contribution in [0.1, 0.15) is 18.4 Å². The molecule has 0 aromatic heterocycles. The summed E-state index contributed by atoms with van der Waals surface area (Å²) >= 11 is 0. The molecule has 1 atom stereocenters. The van der Waals surface area contributed by atoms with Crippen LogP contribution in [-0.4, -0.2) is 18.6 Å². The lowest BCUT2D eigenvalue weighted by Gasteiger charge is -2.07. The summed E-state index contributed by atoms with van der Waals surface area (Å²) in [7, 11) is 1.59. The van der Waals surface area contributed by atoms with E-state index in [0.717, 1.165) is 11.3 Å². The molecule has 4 heteroatoms. The fourth-order valence-electron chi connectivity index (χ4n) is 1.26. The number of hydrogen-bond acceptors (Lipinski definition) is 3. The van der Waals surface area contributed by atoms with E-state index < -0.39 is 0 Å². The minimum Gasteiger partial charge on any atom is -0.497 e. The molecule has 0 saturated carbocycles. The Morgan fingerprint density at radius 1 is 1.43 bits per heavy atom. The molecule has 0 heterocycles. The van der Waals surface area contributed by atoms with E-state index in [1.54, 1.807) is 7.11 Å². The zero-order chi connectivity index (χ0) is 10.6. The van der Waals surface area contributed by atoms with Crippen molar-refractivity contribution < 1.29 is 9.66 Å². The third-order valence-corrected chi connectivity index (χ3v) is 2.11. The first kappa shape index (κ1) is 10.5. The second-order valence-corrected chi connectivity index (χ2v) is 3.19. The van der Waals surface area contributed by atoms with Gasteiger partial charge < -0.3 is 4.74 Å². The van der Waals surface area contributed by atoms with Gasteiger partial charge in [0.1, 0.15) is 5.75 Å². The third-order valence-electron chi connectivity index (χ3n) is 2.11. The Morgan fingerprint density at radius 2 is 2.00 bits per heavy atom. The van der Waals surface area contributed by atoms with E-state index in [2.05, 4.69) is 0 Å². The van der Waals surface area contributed by atoms with Gasteiger partial charge in [-0.25, -0.2) is 0 Å². The van der Waals surface area contributed by atoms with Gasteiger partial charge in [-0.1, -0.05) is 19.1 Å². The molecular weight excluding hydrogens is 182 g/mol. The van der Waals surface area contributed by atoms with Gasteiger partial charge in [0.05, 0.1) is 7.11 Å². The molecule has 1 unspecified atom stereocenters. The largest absolute Gasteiger partial charge is 0.497 e. The smallest absolute Gasteiger partial charge is 0.210 e. The van der Waals surface area contributed by atoms with Crippen molar-refractivity contribution in [1.82, 2.24) is 0 Å². The summed E-state index contributed by atoms with van der Waals surface area (Å²) in [5.74, 6) is 0.706. The molecule has 0 aliphatic rings. The summed E-state index contributed by atoms with van der Waals surface area (Å²) in [6.07, 6.45) is 0. The van der Waals surface area contributed by atoms with E-state index in [0.29, 0.717) is 0 Å². The van der Waals surface area contributed by atoms with E-state index >= 15 is 0 Å². The molecular formula is C10H13NO3. The Balaban J connectivity index is 2.71. The zero-order valence-electron chi connectivity index (χ0n) is 8.27. The van der Waals surface area contributed by atoms with Gasteiger partial charge in [-0.15, -0.1) is 0 Å². The standard InChI is InChI=1S/C10H13NO3/c1-8(7-11(12)13)9-3-5-10(14-2)6-4-9/h3-6,8H,7H2,1-2H3. The van der Waals surface area contributed by atoms with Gasteiger partial charge in [0.25, 0.3) is 0 Å². The molecule has 0 radical (unpaired) electrons. The molecule has 0 spiro atoms. The SMILES string of the molecule is COc1ccc(C(C)C[N+](=O)[O-])cc1. The van der Waals surface area contributed by atoms with Crippen molar-refractivity contribution >= 4 is 0 Å². The second-order valence-electron chi connectivity index (χ2n) is 3.19. The molecule has 0 N–H and O–H groups in total. The number of nitrogens with zero attached hydrogens (tertiary/aromatic N) is 1.